The van der Waals surface area contributed by atoms with E-state index >= 15 is 0 Å². The molecule has 0 radical (unpaired) electrons. The van der Waals surface area contributed by atoms with Gasteiger partial charge in [-0.3, -0.25) is 9.59 Å². The van der Waals surface area contributed by atoms with Gasteiger partial charge in [0, 0.05) is 24.3 Å². The lowest BCUT2D eigenvalue weighted by atomic mass is 10.1. The van der Waals surface area contributed by atoms with E-state index in [-0.39, 0.29) is 11.8 Å². The third-order valence-electron chi connectivity index (χ3n) is 5.19. The molecule has 0 bridgehead atoms. The van der Waals surface area contributed by atoms with Crippen molar-refractivity contribution in [2.24, 2.45) is 0 Å². The van der Waals surface area contributed by atoms with Gasteiger partial charge >= 0.3 is 0 Å². The first-order valence-corrected chi connectivity index (χ1v) is 11.3. The number of aromatic nitrogens is 2. The molecular weight excluding hydrogens is 440 g/mol. The van der Waals surface area contributed by atoms with Crippen molar-refractivity contribution >= 4 is 52.2 Å². The molecule has 0 saturated heterocycles. The fourth-order valence-electron chi connectivity index (χ4n) is 3.55. The highest BCUT2D eigenvalue weighted by molar-refractivity contribution is 6.33. The number of amides is 2. The van der Waals surface area contributed by atoms with Crippen LogP contribution >= 0.6 is 11.6 Å². The van der Waals surface area contributed by atoms with Gasteiger partial charge in [0.25, 0.3) is 5.91 Å². The summed E-state index contributed by atoms with van der Waals surface area (Å²) < 4.78 is 0. The first-order valence-electron chi connectivity index (χ1n) is 10.9. The Bertz CT molecular complexity index is 1180. The van der Waals surface area contributed by atoms with Crippen LogP contribution in [0.3, 0.4) is 0 Å². The first-order chi connectivity index (χ1) is 16.0. The highest BCUT2D eigenvalue weighted by Crippen LogP contribution is 2.29. The number of halogens is 1. The van der Waals surface area contributed by atoms with Gasteiger partial charge in [-0.05, 0) is 55.2 Å². The molecule has 0 fully saturated rings. The number of hydrogen-bond donors (Lipinski definition) is 4. The van der Waals surface area contributed by atoms with Crippen LogP contribution in [0, 0.1) is 0 Å². The molecule has 2 amide bonds. The van der Waals surface area contributed by atoms with Gasteiger partial charge in [-0.2, -0.15) is 4.98 Å². The zero-order valence-electron chi connectivity index (χ0n) is 18.2. The Morgan fingerprint density at radius 1 is 1.15 bits per heavy atom. The van der Waals surface area contributed by atoms with Crippen molar-refractivity contribution in [3.63, 3.8) is 0 Å². The van der Waals surface area contributed by atoms with Crippen molar-refractivity contribution in [2.75, 3.05) is 22.5 Å². The molecule has 1 aliphatic heterocycles. The second-order valence-corrected chi connectivity index (χ2v) is 8.12. The summed E-state index contributed by atoms with van der Waals surface area (Å²) in [5, 5.41) is 12.5. The molecule has 2 aromatic carbocycles. The first kappa shape index (κ1) is 22.5. The van der Waals surface area contributed by atoms with Crippen LogP contribution in [0.5, 0.6) is 0 Å². The lowest BCUT2D eigenvalue weighted by Gasteiger charge is -2.14. The van der Waals surface area contributed by atoms with Crippen molar-refractivity contribution in [3.05, 3.63) is 64.8 Å². The molecule has 0 saturated carbocycles. The van der Waals surface area contributed by atoms with E-state index in [9.17, 15) is 9.59 Å². The molecule has 3 aromatic rings. The van der Waals surface area contributed by atoms with Crippen LogP contribution in [-0.2, 0) is 11.2 Å². The number of benzene rings is 2. The second-order valence-electron chi connectivity index (χ2n) is 7.72. The van der Waals surface area contributed by atoms with Gasteiger partial charge in [0.05, 0.1) is 17.4 Å². The molecule has 33 heavy (non-hydrogen) atoms. The maximum atomic E-state index is 12.5. The average Bonchev–Trinajstić information content (AvgIpc) is 3.00. The molecule has 0 atom stereocenters. The van der Waals surface area contributed by atoms with Gasteiger partial charge in [-0.25, -0.2) is 4.98 Å². The molecule has 170 valence electrons. The summed E-state index contributed by atoms with van der Waals surface area (Å²) in [6, 6.07) is 12.9. The maximum Gasteiger partial charge on any atom is 0.253 e. The minimum Gasteiger partial charge on any atom is -0.352 e. The molecule has 4 N–H and O–H groups in total. The topological polar surface area (TPSA) is 108 Å². The Balaban J connectivity index is 1.54. The molecule has 0 unspecified atom stereocenters. The number of aryl methyl sites for hydroxylation is 1. The SMILES string of the molecule is CCCNC(=O)c1ccccc1Nc1nc(Nc2ccc3c(c2)CCCC(=O)N3)ncc1Cl. The number of para-hydroxylation sites is 1. The van der Waals surface area contributed by atoms with Gasteiger partial charge in [-0.15, -0.1) is 0 Å². The number of carbonyl (C=O) groups is 2. The number of nitrogens with one attached hydrogen (secondary N) is 4. The number of fused-ring (bicyclic) bond motifs is 1. The van der Waals surface area contributed by atoms with Crippen molar-refractivity contribution in [3.8, 4) is 0 Å². The van der Waals surface area contributed by atoms with E-state index in [1.54, 1.807) is 18.2 Å². The van der Waals surface area contributed by atoms with Gasteiger partial charge in [0.15, 0.2) is 5.82 Å². The minimum atomic E-state index is -0.166. The summed E-state index contributed by atoms with van der Waals surface area (Å²) >= 11 is 6.34. The smallest absolute Gasteiger partial charge is 0.253 e. The van der Waals surface area contributed by atoms with Crippen LogP contribution in [0.1, 0.15) is 42.1 Å². The Labute approximate surface area is 197 Å². The summed E-state index contributed by atoms with van der Waals surface area (Å²) in [5.74, 6) is 0.606. The number of hydrogen-bond acceptors (Lipinski definition) is 6. The number of nitrogens with zero attached hydrogens (tertiary/aromatic N) is 2. The van der Waals surface area contributed by atoms with Crippen molar-refractivity contribution in [2.45, 2.75) is 32.6 Å². The molecular formula is C24H25ClN6O2. The van der Waals surface area contributed by atoms with E-state index < -0.39 is 0 Å². The van der Waals surface area contributed by atoms with E-state index in [4.69, 9.17) is 11.6 Å². The summed E-state index contributed by atoms with van der Waals surface area (Å²) in [6.45, 7) is 2.60. The predicted octanol–water partition coefficient (Wildman–Crippen LogP) is 5.03. The molecule has 0 aliphatic carbocycles. The van der Waals surface area contributed by atoms with Crippen LogP contribution in [0.4, 0.5) is 28.8 Å². The third-order valence-corrected chi connectivity index (χ3v) is 5.47. The molecule has 0 spiro atoms. The fraction of sp³-hybridized carbons (Fsp3) is 0.250. The Kier molecular flexibility index (Phi) is 7.04. The summed E-state index contributed by atoms with van der Waals surface area (Å²) in [7, 11) is 0. The molecule has 9 heteroatoms. The molecule has 4 rings (SSSR count). The van der Waals surface area contributed by atoms with Crippen molar-refractivity contribution in [1.82, 2.24) is 15.3 Å². The van der Waals surface area contributed by atoms with Crippen LogP contribution in [0.15, 0.2) is 48.7 Å². The van der Waals surface area contributed by atoms with E-state index in [0.717, 1.165) is 36.2 Å². The van der Waals surface area contributed by atoms with Crippen LogP contribution in [0.2, 0.25) is 5.02 Å². The second kappa shape index (κ2) is 10.3. The Morgan fingerprint density at radius 2 is 2.00 bits per heavy atom. The van der Waals surface area contributed by atoms with E-state index in [2.05, 4.69) is 31.2 Å². The zero-order valence-corrected chi connectivity index (χ0v) is 19.0. The summed E-state index contributed by atoms with van der Waals surface area (Å²) in [5.41, 5.74) is 3.80. The number of anilines is 5. The monoisotopic (exact) mass is 464 g/mol. The highest BCUT2D eigenvalue weighted by Gasteiger charge is 2.15. The number of carbonyl (C=O) groups excluding carboxylic acids is 2. The van der Waals surface area contributed by atoms with Crippen molar-refractivity contribution in [1.29, 1.82) is 0 Å². The summed E-state index contributed by atoms with van der Waals surface area (Å²) in [6.07, 6.45) is 4.49. The van der Waals surface area contributed by atoms with Crippen LogP contribution in [-0.4, -0.2) is 28.3 Å². The predicted molar refractivity (Wildman–Crippen MR) is 131 cm³/mol. The largest absolute Gasteiger partial charge is 0.352 e. The number of rotatable bonds is 7. The lowest BCUT2D eigenvalue weighted by Crippen LogP contribution is -2.24. The quantitative estimate of drug-likeness (QED) is 0.390. The fourth-order valence-corrected chi connectivity index (χ4v) is 3.69. The third kappa shape index (κ3) is 5.59. The average molecular weight is 465 g/mol. The van der Waals surface area contributed by atoms with E-state index in [1.165, 1.54) is 6.20 Å². The molecule has 8 nitrogen and oxygen atoms in total. The molecule has 2 heterocycles. The van der Waals surface area contributed by atoms with Gasteiger partial charge < -0.3 is 21.3 Å². The van der Waals surface area contributed by atoms with Crippen molar-refractivity contribution < 1.29 is 9.59 Å². The van der Waals surface area contributed by atoms with Gasteiger partial charge in [-0.1, -0.05) is 30.7 Å². The van der Waals surface area contributed by atoms with Crippen LogP contribution < -0.4 is 21.3 Å². The van der Waals surface area contributed by atoms with E-state index in [0.29, 0.717) is 41.0 Å². The molecule has 1 aromatic heterocycles. The zero-order chi connectivity index (χ0) is 23.2. The highest BCUT2D eigenvalue weighted by atomic mass is 35.5. The lowest BCUT2D eigenvalue weighted by molar-refractivity contribution is -0.116. The van der Waals surface area contributed by atoms with Gasteiger partial charge in [0.1, 0.15) is 5.02 Å². The van der Waals surface area contributed by atoms with Gasteiger partial charge in [0.2, 0.25) is 11.9 Å². The minimum absolute atomic E-state index is 0.0369. The standard InChI is InChI=1S/C24H25ClN6O2/c1-2-12-26-23(33)17-7-3-4-8-20(17)30-22-18(25)14-27-24(31-22)28-16-10-11-19-15(13-16)6-5-9-21(32)29-19/h3-4,7-8,10-11,13-14H,2,5-6,9,12H2,1H3,(H,26,33)(H,29,32)(H2,27,28,30,31). The van der Waals surface area contributed by atoms with Crippen LogP contribution in [0.25, 0.3) is 0 Å². The maximum absolute atomic E-state index is 12.5. The summed E-state index contributed by atoms with van der Waals surface area (Å²) in [4.78, 5) is 33.1. The Morgan fingerprint density at radius 3 is 2.85 bits per heavy atom. The Hall–Kier alpha value is -3.65. The molecule has 1 aliphatic rings. The normalized spacial score (nSPS) is 12.8. The van der Waals surface area contributed by atoms with E-state index in [1.807, 2.05) is 31.2 Å².